The topological polar surface area (TPSA) is 37.8 Å². The summed E-state index contributed by atoms with van der Waals surface area (Å²) in [7, 11) is 1.84. The van der Waals surface area contributed by atoms with Gasteiger partial charge in [0.15, 0.2) is 0 Å². The molecule has 0 spiro atoms. The maximum Gasteiger partial charge on any atom is 0.125 e. The number of nitrogens with one attached hydrogen (secondary N) is 1. The Bertz CT molecular complexity index is 181. The molecule has 0 saturated heterocycles. The van der Waals surface area contributed by atoms with E-state index < -0.39 is 0 Å². The van der Waals surface area contributed by atoms with Crippen LogP contribution in [0.2, 0.25) is 0 Å². The van der Waals surface area contributed by atoms with Crippen LogP contribution in [0.3, 0.4) is 0 Å². The Morgan fingerprint density at radius 3 is 2.00 bits per heavy atom. The number of rotatable bonds is 1. The number of hydrogen-bond acceptors (Lipinski definition) is 3. The van der Waals surface area contributed by atoms with Crippen LogP contribution in [0.5, 0.6) is 0 Å². The van der Waals surface area contributed by atoms with Crippen molar-refractivity contribution in [1.82, 2.24) is 9.97 Å². The van der Waals surface area contributed by atoms with E-state index in [4.69, 9.17) is 0 Å². The van der Waals surface area contributed by atoms with Crippen molar-refractivity contribution in [3.8, 4) is 0 Å². The van der Waals surface area contributed by atoms with Crippen molar-refractivity contribution in [1.29, 1.82) is 0 Å². The summed E-state index contributed by atoms with van der Waals surface area (Å²) < 4.78 is 0. The van der Waals surface area contributed by atoms with Crippen molar-refractivity contribution in [3.63, 3.8) is 0 Å². The second kappa shape index (κ2) is 5.65. The van der Waals surface area contributed by atoms with Gasteiger partial charge in [-0.05, 0) is 6.92 Å². The molecule has 1 N–H and O–H groups in total. The molecule has 0 radical (unpaired) electrons. The fourth-order valence-electron chi connectivity index (χ4n) is 0.522. The van der Waals surface area contributed by atoms with E-state index in [2.05, 4.69) is 15.3 Å². The second-order valence-corrected chi connectivity index (χ2v) is 1.77. The summed E-state index contributed by atoms with van der Waals surface area (Å²) in [6, 6.07) is 0. The van der Waals surface area contributed by atoms with Crippen LogP contribution in [0.4, 0.5) is 5.69 Å². The van der Waals surface area contributed by atoms with Crippen LogP contribution in [0.25, 0.3) is 0 Å². The van der Waals surface area contributed by atoms with Crippen LogP contribution in [-0.2, 0) is 0 Å². The minimum Gasteiger partial charge on any atom is -0.386 e. The molecule has 0 amide bonds. The Kier molecular flexibility index (Phi) is 5.07. The van der Waals surface area contributed by atoms with Crippen molar-refractivity contribution in [2.75, 3.05) is 12.4 Å². The summed E-state index contributed by atoms with van der Waals surface area (Å²) in [5, 5.41) is 2.93. The van der Waals surface area contributed by atoms with E-state index in [1.54, 1.807) is 12.4 Å². The molecule has 3 heteroatoms. The number of anilines is 1. The minimum atomic E-state index is 0.800. The van der Waals surface area contributed by atoms with E-state index in [9.17, 15) is 0 Å². The number of nitrogens with zero attached hydrogens (tertiary/aromatic N) is 2. The molecule has 1 rings (SSSR count). The first-order valence-corrected chi connectivity index (χ1v) is 3.79. The third kappa shape index (κ3) is 3.55. The lowest BCUT2D eigenvalue weighted by Crippen LogP contribution is -1.91. The zero-order valence-electron chi connectivity index (χ0n) is 7.55. The van der Waals surface area contributed by atoms with Gasteiger partial charge in [0.1, 0.15) is 5.82 Å². The summed E-state index contributed by atoms with van der Waals surface area (Å²) >= 11 is 0. The third-order valence-corrected chi connectivity index (χ3v) is 1.07. The molecule has 3 nitrogen and oxygen atoms in total. The molecule has 1 heterocycles. The fraction of sp³-hybridized carbons (Fsp3) is 0.500. The highest BCUT2D eigenvalue weighted by Gasteiger charge is 1.86. The molecule has 1 aromatic rings. The molecular formula is C8H15N3. The largest absolute Gasteiger partial charge is 0.386 e. The number of aromatic nitrogens is 2. The second-order valence-electron chi connectivity index (χ2n) is 1.77. The molecular weight excluding hydrogens is 138 g/mol. The van der Waals surface area contributed by atoms with E-state index in [0.717, 1.165) is 11.5 Å². The van der Waals surface area contributed by atoms with Gasteiger partial charge in [-0.3, -0.25) is 0 Å². The Morgan fingerprint density at radius 1 is 1.18 bits per heavy atom. The highest BCUT2D eigenvalue weighted by molar-refractivity contribution is 5.36. The number of aryl methyl sites for hydroxylation is 1. The summed E-state index contributed by atoms with van der Waals surface area (Å²) in [5.74, 6) is 0.800. The lowest BCUT2D eigenvalue weighted by molar-refractivity contribution is 1.05. The standard InChI is InChI=1S/C6H9N3.C2H6/c1-5-8-3-6(7-2)4-9-5;1-2/h3-4,7H,1-2H3;1-2H3. The molecule has 62 valence electrons. The first kappa shape index (κ1) is 9.88. The van der Waals surface area contributed by atoms with Crippen molar-refractivity contribution in [2.45, 2.75) is 20.8 Å². The molecule has 0 aromatic carbocycles. The molecule has 0 saturated carbocycles. The molecule has 0 bridgehead atoms. The van der Waals surface area contributed by atoms with E-state index in [0.29, 0.717) is 0 Å². The van der Waals surface area contributed by atoms with E-state index in [1.807, 2.05) is 27.8 Å². The maximum absolute atomic E-state index is 3.98. The molecule has 0 aliphatic heterocycles. The van der Waals surface area contributed by atoms with E-state index in [1.165, 1.54) is 0 Å². The van der Waals surface area contributed by atoms with Gasteiger partial charge in [0.05, 0.1) is 18.1 Å². The summed E-state index contributed by atoms with van der Waals surface area (Å²) in [6.45, 7) is 5.86. The quantitative estimate of drug-likeness (QED) is 0.669. The lowest BCUT2D eigenvalue weighted by Gasteiger charge is -1.95. The van der Waals surface area contributed by atoms with Gasteiger partial charge in [0.2, 0.25) is 0 Å². The van der Waals surface area contributed by atoms with Crippen LogP contribution >= 0.6 is 0 Å². The van der Waals surface area contributed by atoms with Gasteiger partial charge in [0, 0.05) is 7.05 Å². The van der Waals surface area contributed by atoms with Crippen LogP contribution < -0.4 is 5.32 Å². The monoisotopic (exact) mass is 153 g/mol. The van der Waals surface area contributed by atoms with E-state index in [-0.39, 0.29) is 0 Å². The predicted octanol–water partition coefficient (Wildman–Crippen LogP) is 1.85. The minimum absolute atomic E-state index is 0.800. The van der Waals surface area contributed by atoms with Gasteiger partial charge >= 0.3 is 0 Å². The highest BCUT2D eigenvalue weighted by Crippen LogP contribution is 1.98. The number of hydrogen-bond donors (Lipinski definition) is 1. The van der Waals surface area contributed by atoms with Gasteiger partial charge < -0.3 is 5.32 Å². The fourth-order valence-corrected chi connectivity index (χ4v) is 0.522. The predicted molar refractivity (Wildman–Crippen MR) is 47.7 cm³/mol. The third-order valence-electron chi connectivity index (χ3n) is 1.07. The first-order valence-electron chi connectivity index (χ1n) is 3.79. The molecule has 0 unspecified atom stereocenters. The van der Waals surface area contributed by atoms with Gasteiger partial charge in [-0.2, -0.15) is 0 Å². The van der Waals surface area contributed by atoms with Gasteiger partial charge in [-0.1, -0.05) is 13.8 Å². The Morgan fingerprint density at radius 2 is 1.64 bits per heavy atom. The normalized spacial score (nSPS) is 8.00. The molecule has 0 atom stereocenters. The van der Waals surface area contributed by atoms with Crippen LogP contribution in [0.15, 0.2) is 12.4 Å². The SMILES string of the molecule is CC.CNc1cnc(C)nc1. The smallest absolute Gasteiger partial charge is 0.125 e. The zero-order valence-corrected chi connectivity index (χ0v) is 7.55. The average molecular weight is 153 g/mol. The summed E-state index contributed by atoms with van der Waals surface area (Å²) in [5.41, 5.74) is 0.945. The van der Waals surface area contributed by atoms with Crippen LogP contribution in [-0.4, -0.2) is 17.0 Å². The van der Waals surface area contributed by atoms with Crippen LogP contribution in [0.1, 0.15) is 19.7 Å². The van der Waals surface area contributed by atoms with Gasteiger partial charge in [0.25, 0.3) is 0 Å². The molecule has 0 aliphatic rings. The highest BCUT2D eigenvalue weighted by atomic mass is 14.9. The lowest BCUT2D eigenvalue weighted by atomic mass is 10.5. The molecule has 11 heavy (non-hydrogen) atoms. The van der Waals surface area contributed by atoms with Crippen molar-refractivity contribution in [3.05, 3.63) is 18.2 Å². The van der Waals surface area contributed by atoms with Crippen molar-refractivity contribution >= 4 is 5.69 Å². The van der Waals surface area contributed by atoms with Crippen LogP contribution in [0, 0.1) is 6.92 Å². The van der Waals surface area contributed by atoms with Gasteiger partial charge in [-0.15, -0.1) is 0 Å². The first-order chi connectivity index (χ1) is 5.33. The average Bonchev–Trinajstić information content (AvgIpc) is 2.10. The summed E-state index contributed by atoms with van der Waals surface area (Å²) in [4.78, 5) is 7.95. The van der Waals surface area contributed by atoms with Crippen molar-refractivity contribution < 1.29 is 0 Å². The Balaban J connectivity index is 0.000000461. The van der Waals surface area contributed by atoms with Crippen molar-refractivity contribution in [2.24, 2.45) is 0 Å². The summed E-state index contributed by atoms with van der Waals surface area (Å²) in [6.07, 6.45) is 3.50. The maximum atomic E-state index is 3.98. The van der Waals surface area contributed by atoms with E-state index >= 15 is 0 Å². The molecule has 0 fully saturated rings. The van der Waals surface area contributed by atoms with Gasteiger partial charge in [-0.25, -0.2) is 9.97 Å². The molecule has 1 aromatic heterocycles. The Labute approximate surface area is 67.9 Å². The Hall–Kier alpha value is -1.12. The zero-order chi connectivity index (χ0) is 8.69. The molecule has 0 aliphatic carbocycles.